The van der Waals surface area contributed by atoms with Crippen molar-refractivity contribution < 1.29 is 14.6 Å². The van der Waals surface area contributed by atoms with Gasteiger partial charge < -0.3 is 19.9 Å². The fourth-order valence-electron chi connectivity index (χ4n) is 2.37. The third-order valence-electron chi connectivity index (χ3n) is 3.79. The maximum atomic E-state index is 10.1. The standard InChI is InChI=1S/C12H23NO3/c1-11(2-5-15-6-3-11)8-13-9-12(14)4-7-16-10-12/h13-14H,2-10H2,1H3. The summed E-state index contributed by atoms with van der Waals surface area (Å²) in [5, 5.41) is 13.5. The molecule has 2 saturated heterocycles. The van der Waals surface area contributed by atoms with E-state index in [1.54, 1.807) is 0 Å². The Morgan fingerprint density at radius 3 is 2.38 bits per heavy atom. The number of hydrogen-bond donors (Lipinski definition) is 2. The highest BCUT2D eigenvalue weighted by molar-refractivity contribution is 4.87. The molecule has 0 bridgehead atoms. The third kappa shape index (κ3) is 3.17. The molecule has 2 heterocycles. The van der Waals surface area contributed by atoms with Crippen molar-refractivity contribution in [2.45, 2.75) is 31.8 Å². The highest BCUT2D eigenvalue weighted by Crippen LogP contribution is 2.29. The van der Waals surface area contributed by atoms with Gasteiger partial charge in [0.25, 0.3) is 0 Å². The van der Waals surface area contributed by atoms with Gasteiger partial charge in [-0.2, -0.15) is 0 Å². The molecule has 0 saturated carbocycles. The van der Waals surface area contributed by atoms with Gasteiger partial charge in [0.15, 0.2) is 0 Å². The highest BCUT2D eigenvalue weighted by atomic mass is 16.5. The molecule has 2 fully saturated rings. The minimum Gasteiger partial charge on any atom is -0.386 e. The summed E-state index contributed by atoms with van der Waals surface area (Å²) >= 11 is 0. The molecule has 0 aromatic rings. The van der Waals surface area contributed by atoms with E-state index in [0.717, 1.165) is 39.0 Å². The lowest BCUT2D eigenvalue weighted by Gasteiger charge is -2.34. The Morgan fingerprint density at radius 2 is 1.75 bits per heavy atom. The zero-order chi connectivity index (χ0) is 11.5. The van der Waals surface area contributed by atoms with Crippen molar-refractivity contribution in [1.82, 2.24) is 5.32 Å². The van der Waals surface area contributed by atoms with Crippen LogP contribution in [0.2, 0.25) is 0 Å². The van der Waals surface area contributed by atoms with E-state index in [0.29, 0.717) is 25.2 Å². The predicted octanol–water partition coefficient (Wildman–Crippen LogP) is 0.544. The van der Waals surface area contributed by atoms with Gasteiger partial charge in [0.2, 0.25) is 0 Å². The quantitative estimate of drug-likeness (QED) is 0.739. The minimum atomic E-state index is -0.637. The topological polar surface area (TPSA) is 50.7 Å². The fraction of sp³-hybridized carbons (Fsp3) is 1.00. The molecular weight excluding hydrogens is 206 g/mol. The second-order valence-corrected chi connectivity index (χ2v) is 5.55. The van der Waals surface area contributed by atoms with Crippen LogP contribution < -0.4 is 5.32 Å². The molecular formula is C12H23NO3. The maximum Gasteiger partial charge on any atom is 0.102 e. The Morgan fingerprint density at radius 1 is 1.06 bits per heavy atom. The van der Waals surface area contributed by atoms with Crippen molar-refractivity contribution in [2.75, 3.05) is 39.5 Å². The van der Waals surface area contributed by atoms with E-state index in [9.17, 15) is 5.11 Å². The zero-order valence-corrected chi connectivity index (χ0v) is 10.1. The van der Waals surface area contributed by atoms with E-state index in [1.807, 2.05) is 0 Å². The fourth-order valence-corrected chi connectivity index (χ4v) is 2.37. The lowest BCUT2D eigenvalue weighted by atomic mass is 9.82. The normalized spacial score (nSPS) is 34.1. The molecule has 2 aliphatic heterocycles. The van der Waals surface area contributed by atoms with Crippen LogP contribution in [0.25, 0.3) is 0 Å². The Labute approximate surface area is 97.3 Å². The summed E-state index contributed by atoms with van der Waals surface area (Å²) in [7, 11) is 0. The molecule has 0 aromatic heterocycles. The Balaban J connectivity index is 1.70. The summed E-state index contributed by atoms with van der Waals surface area (Å²) < 4.78 is 10.6. The van der Waals surface area contributed by atoms with Gasteiger partial charge in [-0.15, -0.1) is 0 Å². The largest absolute Gasteiger partial charge is 0.386 e. The number of aliphatic hydroxyl groups is 1. The van der Waals surface area contributed by atoms with E-state index in [1.165, 1.54) is 0 Å². The maximum absolute atomic E-state index is 10.1. The van der Waals surface area contributed by atoms with Crippen LogP contribution in [0.4, 0.5) is 0 Å². The van der Waals surface area contributed by atoms with Gasteiger partial charge in [-0.3, -0.25) is 0 Å². The van der Waals surface area contributed by atoms with E-state index in [4.69, 9.17) is 9.47 Å². The smallest absolute Gasteiger partial charge is 0.102 e. The molecule has 94 valence electrons. The first-order valence-electron chi connectivity index (χ1n) is 6.21. The molecule has 0 spiro atoms. The Bertz CT molecular complexity index is 220. The number of rotatable bonds is 4. The van der Waals surface area contributed by atoms with Crippen LogP contribution in [0.15, 0.2) is 0 Å². The van der Waals surface area contributed by atoms with Gasteiger partial charge in [0.05, 0.1) is 6.61 Å². The molecule has 4 nitrogen and oxygen atoms in total. The Hall–Kier alpha value is -0.160. The summed E-state index contributed by atoms with van der Waals surface area (Å²) in [6.07, 6.45) is 2.96. The molecule has 1 atom stereocenters. The highest BCUT2D eigenvalue weighted by Gasteiger charge is 2.33. The molecule has 0 aliphatic carbocycles. The van der Waals surface area contributed by atoms with Crippen LogP contribution in [-0.2, 0) is 9.47 Å². The number of nitrogens with one attached hydrogen (secondary N) is 1. The monoisotopic (exact) mass is 229 g/mol. The van der Waals surface area contributed by atoms with Crippen LogP contribution in [0.5, 0.6) is 0 Å². The summed E-state index contributed by atoms with van der Waals surface area (Å²) in [5.41, 5.74) is -0.310. The molecule has 1 unspecified atom stereocenters. The van der Waals surface area contributed by atoms with Gasteiger partial charge in [0.1, 0.15) is 5.60 Å². The molecule has 16 heavy (non-hydrogen) atoms. The van der Waals surface area contributed by atoms with E-state index < -0.39 is 5.60 Å². The molecule has 0 aromatic carbocycles. The van der Waals surface area contributed by atoms with Crippen LogP contribution >= 0.6 is 0 Å². The van der Waals surface area contributed by atoms with Crippen LogP contribution in [0.1, 0.15) is 26.2 Å². The summed E-state index contributed by atoms with van der Waals surface area (Å²) in [6, 6.07) is 0. The third-order valence-corrected chi connectivity index (χ3v) is 3.79. The Kier molecular flexibility index (Phi) is 3.85. The first-order chi connectivity index (χ1) is 7.62. The summed E-state index contributed by atoms with van der Waals surface area (Å²) in [4.78, 5) is 0. The molecule has 2 N–H and O–H groups in total. The minimum absolute atomic E-state index is 0.327. The van der Waals surface area contributed by atoms with Crippen LogP contribution in [0, 0.1) is 5.41 Å². The first-order valence-corrected chi connectivity index (χ1v) is 6.21. The van der Waals surface area contributed by atoms with E-state index in [-0.39, 0.29) is 0 Å². The van der Waals surface area contributed by atoms with Crippen LogP contribution in [-0.4, -0.2) is 50.2 Å². The zero-order valence-electron chi connectivity index (χ0n) is 10.1. The second-order valence-electron chi connectivity index (χ2n) is 5.55. The number of hydrogen-bond acceptors (Lipinski definition) is 4. The molecule has 2 rings (SSSR count). The lowest BCUT2D eigenvalue weighted by molar-refractivity contribution is 0.00883. The first kappa shape index (κ1) is 12.3. The average Bonchev–Trinajstić information content (AvgIpc) is 2.66. The molecule has 2 aliphatic rings. The SMILES string of the molecule is CC1(CNCC2(O)CCOC2)CCOCC1. The molecule has 0 amide bonds. The van der Waals surface area contributed by atoms with E-state index in [2.05, 4.69) is 12.2 Å². The van der Waals surface area contributed by atoms with Crippen LogP contribution in [0.3, 0.4) is 0 Å². The van der Waals surface area contributed by atoms with Gasteiger partial charge >= 0.3 is 0 Å². The van der Waals surface area contributed by atoms with Crippen molar-refractivity contribution in [3.8, 4) is 0 Å². The average molecular weight is 229 g/mol. The van der Waals surface area contributed by atoms with Crippen molar-refractivity contribution in [2.24, 2.45) is 5.41 Å². The summed E-state index contributed by atoms with van der Waals surface area (Å²) in [5.74, 6) is 0. The lowest BCUT2D eigenvalue weighted by Crippen LogP contribution is -2.45. The number of ether oxygens (including phenoxy) is 2. The molecule has 4 heteroatoms. The van der Waals surface area contributed by atoms with Crippen molar-refractivity contribution in [3.63, 3.8) is 0 Å². The van der Waals surface area contributed by atoms with Gasteiger partial charge in [-0.05, 0) is 18.3 Å². The molecule has 0 radical (unpaired) electrons. The van der Waals surface area contributed by atoms with Crippen molar-refractivity contribution in [3.05, 3.63) is 0 Å². The van der Waals surface area contributed by atoms with Gasteiger partial charge in [-0.25, -0.2) is 0 Å². The van der Waals surface area contributed by atoms with Gasteiger partial charge in [-0.1, -0.05) is 6.92 Å². The van der Waals surface area contributed by atoms with Crippen molar-refractivity contribution >= 4 is 0 Å². The second kappa shape index (κ2) is 5.00. The van der Waals surface area contributed by atoms with E-state index >= 15 is 0 Å². The predicted molar refractivity (Wildman–Crippen MR) is 61.4 cm³/mol. The summed E-state index contributed by atoms with van der Waals surface area (Å²) in [6.45, 7) is 6.78. The van der Waals surface area contributed by atoms with Crippen molar-refractivity contribution in [1.29, 1.82) is 0 Å². The van der Waals surface area contributed by atoms with Gasteiger partial charge in [0, 0.05) is 39.3 Å².